The van der Waals surface area contributed by atoms with E-state index in [1.54, 1.807) is 0 Å². The number of phenolic OH excluding ortho intramolecular Hbond substituents is 2. The third-order valence-electron chi connectivity index (χ3n) is 2.64. The van der Waals surface area contributed by atoms with Crippen LogP contribution in [0.3, 0.4) is 0 Å². The summed E-state index contributed by atoms with van der Waals surface area (Å²) in [7, 11) is 0. The molecule has 0 spiro atoms. The topological polar surface area (TPSA) is 104 Å². The van der Waals surface area contributed by atoms with Crippen molar-refractivity contribution >= 4 is 11.8 Å². The van der Waals surface area contributed by atoms with E-state index < -0.39 is 11.8 Å². The van der Waals surface area contributed by atoms with Gasteiger partial charge in [-0.15, -0.1) is 0 Å². The molecule has 4 N–H and O–H groups in total. The first kappa shape index (κ1) is 14.8. The number of nitrogens with two attached hydrogens (primary N) is 1. The van der Waals surface area contributed by atoms with Crippen LogP contribution >= 0.6 is 0 Å². The Labute approximate surface area is 111 Å². The van der Waals surface area contributed by atoms with Crippen LogP contribution in [-0.2, 0) is 4.79 Å². The third-order valence-corrected chi connectivity index (χ3v) is 2.64. The highest BCUT2D eigenvalue weighted by molar-refractivity contribution is 5.96. The Balaban J connectivity index is 2.90. The van der Waals surface area contributed by atoms with Crippen molar-refractivity contribution in [3.05, 3.63) is 23.8 Å². The highest BCUT2D eigenvalue weighted by Gasteiger charge is 2.18. The van der Waals surface area contributed by atoms with Gasteiger partial charge in [-0.1, -0.05) is 13.3 Å². The molecule has 0 aromatic heterocycles. The van der Waals surface area contributed by atoms with Crippen LogP contribution in [0.1, 0.15) is 30.1 Å². The van der Waals surface area contributed by atoms with Gasteiger partial charge < -0.3 is 20.8 Å². The average molecular weight is 266 g/mol. The molecule has 6 nitrogen and oxygen atoms in total. The smallest absolute Gasteiger partial charge is 0.254 e. The zero-order valence-corrected chi connectivity index (χ0v) is 10.8. The van der Waals surface area contributed by atoms with Gasteiger partial charge in [0.25, 0.3) is 5.91 Å². The van der Waals surface area contributed by atoms with Gasteiger partial charge in [0.15, 0.2) is 11.5 Å². The molecule has 0 aliphatic carbocycles. The molecule has 1 rings (SSSR count). The van der Waals surface area contributed by atoms with Crippen LogP contribution in [-0.4, -0.2) is 40.0 Å². The maximum atomic E-state index is 12.2. The van der Waals surface area contributed by atoms with Crippen molar-refractivity contribution in [3.63, 3.8) is 0 Å². The Morgan fingerprint density at radius 3 is 2.47 bits per heavy atom. The van der Waals surface area contributed by atoms with E-state index in [2.05, 4.69) is 0 Å². The van der Waals surface area contributed by atoms with Crippen LogP contribution in [0.4, 0.5) is 0 Å². The summed E-state index contributed by atoms with van der Waals surface area (Å²) in [5, 5.41) is 18.6. The number of hydrogen-bond donors (Lipinski definition) is 3. The van der Waals surface area contributed by atoms with Gasteiger partial charge in [0.1, 0.15) is 0 Å². The first-order valence-corrected chi connectivity index (χ1v) is 6.05. The number of nitrogens with zero attached hydrogens (tertiary/aromatic N) is 1. The maximum absolute atomic E-state index is 12.2. The predicted molar refractivity (Wildman–Crippen MR) is 69.8 cm³/mol. The Bertz CT molecular complexity index is 474. The summed E-state index contributed by atoms with van der Waals surface area (Å²) in [6.07, 6.45) is 1.63. The molecule has 0 aliphatic rings. The number of phenols is 2. The quantitative estimate of drug-likeness (QED) is 0.663. The summed E-state index contributed by atoms with van der Waals surface area (Å²) in [6.45, 7) is 2.22. The van der Waals surface area contributed by atoms with E-state index in [-0.39, 0.29) is 23.6 Å². The van der Waals surface area contributed by atoms with Gasteiger partial charge >= 0.3 is 0 Å². The van der Waals surface area contributed by atoms with Gasteiger partial charge in [-0.05, 0) is 24.6 Å². The van der Waals surface area contributed by atoms with E-state index in [1.165, 1.54) is 17.0 Å². The minimum Gasteiger partial charge on any atom is -0.504 e. The molecule has 0 saturated heterocycles. The highest BCUT2D eigenvalue weighted by atomic mass is 16.3. The molecule has 104 valence electrons. The molecule has 2 amide bonds. The SMILES string of the molecule is CCCCN(CC(N)=O)C(=O)c1ccc(O)c(O)c1. The molecular weight excluding hydrogens is 248 g/mol. The number of amides is 2. The molecule has 1 aromatic carbocycles. The number of benzene rings is 1. The molecule has 6 heteroatoms. The molecular formula is C13H18N2O4. The number of hydrogen-bond acceptors (Lipinski definition) is 4. The summed E-state index contributed by atoms with van der Waals surface area (Å²) in [5.74, 6) is -1.66. The van der Waals surface area contributed by atoms with Crippen LogP contribution in [0.5, 0.6) is 11.5 Å². The molecule has 0 fully saturated rings. The van der Waals surface area contributed by atoms with Gasteiger partial charge in [-0.25, -0.2) is 0 Å². The predicted octanol–water partition coefficient (Wildman–Crippen LogP) is 0.825. The minimum absolute atomic E-state index is 0.166. The van der Waals surface area contributed by atoms with E-state index in [0.29, 0.717) is 6.54 Å². The van der Waals surface area contributed by atoms with Gasteiger partial charge in [0, 0.05) is 12.1 Å². The van der Waals surface area contributed by atoms with Crippen molar-refractivity contribution in [2.24, 2.45) is 5.73 Å². The van der Waals surface area contributed by atoms with Gasteiger partial charge in [-0.3, -0.25) is 9.59 Å². The Kier molecular flexibility index (Phi) is 5.17. The zero-order chi connectivity index (χ0) is 14.4. The molecule has 0 radical (unpaired) electrons. The zero-order valence-electron chi connectivity index (χ0n) is 10.8. The molecule has 0 saturated carbocycles. The Morgan fingerprint density at radius 1 is 1.26 bits per heavy atom. The molecule has 19 heavy (non-hydrogen) atoms. The number of rotatable bonds is 6. The van der Waals surface area contributed by atoms with Crippen LogP contribution in [0.15, 0.2) is 18.2 Å². The lowest BCUT2D eigenvalue weighted by Gasteiger charge is -2.21. The monoisotopic (exact) mass is 266 g/mol. The molecule has 0 bridgehead atoms. The summed E-state index contributed by atoms with van der Waals surface area (Å²) in [5.41, 5.74) is 5.31. The van der Waals surface area contributed by atoms with E-state index in [0.717, 1.165) is 18.9 Å². The summed E-state index contributed by atoms with van der Waals surface area (Å²) < 4.78 is 0. The Morgan fingerprint density at radius 2 is 1.95 bits per heavy atom. The lowest BCUT2D eigenvalue weighted by molar-refractivity contribution is -0.118. The second-order valence-electron chi connectivity index (χ2n) is 4.25. The fourth-order valence-corrected chi connectivity index (χ4v) is 1.63. The lowest BCUT2D eigenvalue weighted by Crippen LogP contribution is -2.39. The number of carbonyl (C=O) groups is 2. The summed E-state index contributed by atoms with van der Waals surface area (Å²) in [4.78, 5) is 24.5. The maximum Gasteiger partial charge on any atom is 0.254 e. The molecule has 1 aromatic rings. The van der Waals surface area contributed by atoms with E-state index in [9.17, 15) is 19.8 Å². The third kappa shape index (κ3) is 4.17. The van der Waals surface area contributed by atoms with Gasteiger partial charge in [-0.2, -0.15) is 0 Å². The van der Waals surface area contributed by atoms with Crippen LogP contribution in [0.25, 0.3) is 0 Å². The molecule has 0 aliphatic heterocycles. The first-order chi connectivity index (χ1) is 8.95. The minimum atomic E-state index is -0.590. The van der Waals surface area contributed by atoms with Gasteiger partial charge in [0.05, 0.1) is 6.54 Å². The first-order valence-electron chi connectivity index (χ1n) is 6.05. The molecule has 0 atom stereocenters. The van der Waals surface area contributed by atoms with Crippen LogP contribution in [0, 0.1) is 0 Å². The lowest BCUT2D eigenvalue weighted by atomic mass is 10.1. The summed E-state index contributed by atoms with van der Waals surface area (Å²) in [6, 6.07) is 3.78. The van der Waals surface area contributed by atoms with Crippen molar-refractivity contribution in [1.29, 1.82) is 0 Å². The number of aromatic hydroxyl groups is 2. The van der Waals surface area contributed by atoms with Crippen molar-refractivity contribution < 1.29 is 19.8 Å². The van der Waals surface area contributed by atoms with E-state index in [4.69, 9.17) is 5.73 Å². The van der Waals surface area contributed by atoms with Crippen LogP contribution in [0.2, 0.25) is 0 Å². The van der Waals surface area contributed by atoms with E-state index in [1.807, 2.05) is 6.92 Å². The van der Waals surface area contributed by atoms with Crippen molar-refractivity contribution in [3.8, 4) is 11.5 Å². The largest absolute Gasteiger partial charge is 0.504 e. The average Bonchev–Trinajstić information content (AvgIpc) is 2.36. The van der Waals surface area contributed by atoms with Crippen LogP contribution < -0.4 is 5.73 Å². The van der Waals surface area contributed by atoms with E-state index >= 15 is 0 Å². The fraction of sp³-hybridized carbons (Fsp3) is 0.385. The number of carbonyl (C=O) groups excluding carboxylic acids is 2. The summed E-state index contributed by atoms with van der Waals surface area (Å²) >= 11 is 0. The van der Waals surface area contributed by atoms with Crippen molar-refractivity contribution in [2.75, 3.05) is 13.1 Å². The van der Waals surface area contributed by atoms with Crippen molar-refractivity contribution in [2.45, 2.75) is 19.8 Å². The number of primary amides is 1. The standard InChI is InChI=1S/C13H18N2O4/c1-2-3-6-15(8-12(14)18)13(19)9-4-5-10(16)11(17)7-9/h4-5,7,16-17H,2-3,6,8H2,1H3,(H2,14,18). The highest BCUT2D eigenvalue weighted by Crippen LogP contribution is 2.25. The second-order valence-corrected chi connectivity index (χ2v) is 4.25. The van der Waals surface area contributed by atoms with Gasteiger partial charge in [0.2, 0.25) is 5.91 Å². The number of unbranched alkanes of at least 4 members (excludes halogenated alkanes) is 1. The Hall–Kier alpha value is -2.24. The molecule has 0 unspecified atom stereocenters. The second kappa shape index (κ2) is 6.63. The normalized spacial score (nSPS) is 10.2. The molecule has 0 heterocycles. The van der Waals surface area contributed by atoms with Crippen molar-refractivity contribution in [1.82, 2.24) is 4.90 Å². The fourth-order valence-electron chi connectivity index (χ4n) is 1.63.